The van der Waals surface area contributed by atoms with Crippen LogP contribution in [0, 0.1) is 0 Å². The van der Waals surface area contributed by atoms with Crippen molar-refractivity contribution in [1.82, 2.24) is 0 Å². The number of rotatable bonds is 1. The van der Waals surface area contributed by atoms with Crippen molar-refractivity contribution < 1.29 is 17.9 Å². The van der Waals surface area contributed by atoms with Gasteiger partial charge in [-0.15, -0.1) is 0 Å². The van der Waals surface area contributed by atoms with Gasteiger partial charge in [-0.25, -0.2) is 18.4 Å². The van der Waals surface area contributed by atoms with Gasteiger partial charge in [0.1, 0.15) is 6.10 Å². The zero-order valence-electron chi connectivity index (χ0n) is 8.64. The smallest absolute Gasteiger partial charge is 0.340 e. The van der Waals surface area contributed by atoms with Crippen molar-refractivity contribution >= 4 is 16.0 Å². The molecule has 2 rings (SSSR count). The lowest BCUT2D eigenvalue weighted by atomic mass is 9.99. The van der Waals surface area contributed by atoms with E-state index in [2.05, 4.69) is 0 Å². The third-order valence-corrected chi connectivity index (χ3v) is 3.39. The van der Waals surface area contributed by atoms with Crippen molar-refractivity contribution in [2.24, 2.45) is 5.14 Å². The highest BCUT2D eigenvalue weighted by molar-refractivity contribution is 7.89. The fourth-order valence-electron chi connectivity index (χ4n) is 1.81. The van der Waals surface area contributed by atoms with E-state index >= 15 is 0 Å². The maximum Gasteiger partial charge on any atom is 0.340 e. The van der Waals surface area contributed by atoms with Crippen molar-refractivity contribution in [3.8, 4) is 0 Å². The van der Waals surface area contributed by atoms with Crippen molar-refractivity contribution in [3.63, 3.8) is 0 Å². The summed E-state index contributed by atoms with van der Waals surface area (Å²) in [4.78, 5) is 11.5. The highest BCUT2D eigenvalue weighted by Crippen LogP contribution is 2.26. The fraction of sp³-hybridized carbons (Fsp3) is 0.300. The Kier molecular flexibility index (Phi) is 2.47. The first-order valence-electron chi connectivity index (χ1n) is 4.75. The Labute approximate surface area is 93.3 Å². The Morgan fingerprint density at radius 1 is 1.44 bits per heavy atom. The molecule has 1 aliphatic rings. The number of fused-ring (bicyclic) bond motifs is 1. The molecule has 1 heterocycles. The molecule has 86 valence electrons. The second kappa shape index (κ2) is 3.57. The zero-order valence-corrected chi connectivity index (χ0v) is 9.45. The molecule has 1 aromatic rings. The Bertz CT molecular complexity index is 550. The molecule has 0 aromatic heterocycles. The van der Waals surface area contributed by atoms with E-state index in [1.807, 2.05) is 0 Å². The number of nitrogens with two attached hydrogens (primary N) is 1. The molecule has 16 heavy (non-hydrogen) atoms. The quantitative estimate of drug-likeness (QED) is 0.722. The summed E-state index contributed by atoms with van der Waals surface area (Å²) in [6, 6.07) is 4.59. The van der Waals surface area contributed by atoms with E-state index < -0.39 is 16.0 Å². The second-order valence-corrected chi connectivity index (χ2v) is 5.29. The summed E-state index contributed by atoms with van der Waals surface area (Å²) in [5.74, 6) is -0.627. The number of sulfonamides is 1. The minimum Gasteiger partial charge on any atom is -0.459 e. The van der Waals surface area contributed by atoms with Crippen LogP contribution in [-0.4, -0.2) is 20.5 Å². The number of cyclic esters (lactones) is 1. The number of ether oxygens (including phenoxy) is 1. The number of hydrogen-bond donors (Lipinski definition) is 1. The minimum atomic E-state index is -3.90. The summed E-state index contributed by atoms with van der Waals surface area (Å²) in [5.41, 5.74) is 0.735. The van der Waals surface area contributed by atoms with E-state index in [1.165, 1.54) is 6.07 Å². The molecule has 1 aromatic carbocycles. The maximum atomic E-state index is 11.6. The molecule has 0 saturated carbocycles. The molecule has 0 amide bonds. The molecule has 1 atom stereocenters. The largest absolute Gasteiger partial charge is 0.459 e. The summed E-state index contributed by atoms with van der Waals surface area (Å²) in [5, 5.41) is 5.04. The van der Waals surface area contributed by atoms with E-state index in [9.17, 15) is 13.2 Å². The predicted molar refractivity (Wildman–Crippen MR) is 56.4 cm³/mol. The van der Waals surface area contributed by atoms with Gasteiger partial charge in [-0.2, -0.15) is 0 Å². The van der Waals surface area contributed by atoms with Crippen molar-refractivity contribution in [2.45, 2.75) is 24.3 Å². The Hall–Kier alpha value is -1.40. The van der Waals surface area contributed by atoms with Gasteiger partial charge in [0, 0.05) is 6.42 Å². The molecule has 1 aliphatic heterocycles. The van der Waals surface area contributed by atoms with Gasteiger partial charge < -0.3 is 4.74 Å². The van der Waals surface area contributed by atoms with Gasteiger partial charge in [0.15, 0.2) is 0 Å². The number of esters is 1. The van der Waals surface area contributed by atoms with Crippen LogP contribution in [0.25, 0.3) is 0 Å². The molecule has 0 spiro atoms. The Morgan fingerprint density at radius 2 is 2.12 bits per heavy atom. The molecule has 0 fully saturated rings. The van der Waals surface area contributed by atoms with E-state index in [-0.39, 0.29) is 16.6 Å². The third kappa shape index (κ3) is 1.81. The average Bonchev–Trinajstić information content (AvgIpc) is 2.14. The molecule has 1 unspecified atom stereocenters. The SMILES string of the molecule is CC1Cc2cccc(S(N)(=O)=O)c2C(=O)O1. The highest BCUT2D eigenvalue weighted by Gasteiger charge is 2.29. The number of hydrogen-bond acceptors (Lipinski definition) is 4. The van der Waals surface area contributed by atoms with Crippen LogP contribution in [0.2, 0.25) is 0 Å². The average molecular weight is 241 g/mol. The monoisotopic (exact) mass is 241 g/mol. The highest BCUT2D eigenvalue weighted by atomic mass is 32.2. The molecular formula is C10H11NO4S. The van der Waals surface area contributed by atoms with Gasteiger partial charge in [0.05, 0.1) is 10.5 Å². The van der Waals surface area contributed by atoms with Gasteiger partial charge in [-0.05, 0) is 18.6 Å². The minimum absolute atomic E-state index is 0.0723. The summed E-state index contributed by atoms with van der Waals surface area (Å²) in [7, 11) is -3.90. The molecular weight excluding hydrogens is 230 g/mol. The summed E-state index contributed by atoms with van der Waals surface area (Å²) >= 11 is 0. The van der Waals surface area contributed by atoms with Gasteiger partial charge in [-0.1, -0.05) is 12.1 Å². The van der Waals surface area contributed by atoms with Gasteiger partial charge in [0.2, 0.25) is 10.0 Å². The standard InChI is InChI=1S/C10H11NO4S/c1-6-5-7-3-2-4-8(16(11,13)14)9(7)10(12)15-6/h2-4,6H,5H2,1H3,(H2,11,13,14). The molecule has 2 N–H and O–H groups in total. The van der Waals surface area contributed by atoms with Crippen LogP contribution >= 0.6 is 0 Å². The first-order chi connectivity index (χ1) is 7.39. The molecule has 5 nitrogen and oxygen atoms in total. The van der Waals surface area contributed by atoms with Crippen LogP contribution < -0.4 is 5.14 Å². The Balaban J connectivity index is 2.69. The van der Waals surface area contributed by atoms with Gasteiger partial charge >= 0.3 is 5.97 Å². The molecule has 0 bridgehead atoms. The summed E-state index contributed by atoms with van der Waals surface area (Å²) in [6.07, 6.45) is 0.264. The summed E-state index contributed by atoms with van der Waals surface area (Å²) in [6.45, 7) is 1.75. The van der Waals surface area contributed by atoms with Crippen molar-refractivity contribution in [3.05, 3.63) is 29.3 Å². The van der Waals surface area contributed by atoms with E-state index in [1.54, 1.807) is 19.1 Å². The van der Waals surface area contributed by atoms with Crippen LogP contribution in [-0.2, 0) is 21.2 Å². The van der Waals surface area contributed by atoms with E-state index in [4.69, 9.17) is 9.88 Å². The van der Waals surface area contributed by atoms with Crippen molar-refractivity contribution in [1.29, 1.82) is 0 Å². The lowest BCUT2D eigenvalue weighted by Gasteiger charge is -2.22. The van der Waals surface area contributed by atoms with Crippen LogP contribution in [0.4, 0.5) is 0 Å². The number of carbonyl (C=O) groups excluding carboxylic acids is 1. The molecule has 6 heteroatoms. The predicted octanol–water partition coefficient (Wildman–Crippen LogP) is 0.435. The number of carbonyl (C=O) groups is 1. The first-order valence-corrected chi connectivity index (χ1v) is 6.30. The summed E-state index contributed by atoms with van der Waals surface area (Å²) < 4.78 is 27.6. The lowest BCUT2D eigenvalue weighted by molar-refractivity contribution is 0.0295. The normalized spacial score (nSPS) is 20.1. The van der Waals surface area contributed by atoms with Crippen LogP contribution in [0.15, 0.2) is 23.1 Å². The van der Waals surface area contributed by atoms with E-state index in [0.29, 0.717) is 12.0 Å². The first kappa shape index (κ1) is 11.1. The van der Waals surface area contributed by atoms with Gasteiger partial charge in [-0.3, -0.25) is 0 Å². The fourth-order valence-corrected chi connectivity index (χ4v) is 2.58. The van der Waals surface area contributed by atoms with E-state index in [0.717, 1.165) is 0 Å². The second-order valence-electron chi connectivity index (χ2n) is 3.76. The maximum absolute atomic E-state index is 11.6. The Morgan fingerprint density at radius 3 is 2.75 bits per heavy atom. The van der Waals surface area contributed by atoms with Crippen LogP contribution in [0.1, 0.15) is 22.8 Å². The van der Waals surface area contributed by atoms with Gasteiger partial charge in [0.25, 0.3) is 0 Å². The van der Waals surface area contributed by atoms with Crippen LogP contribution in [0.5, 0.6) is 0 Å². The number of benzene rings is 1. The topological polar surface area (TPSA) is 86.5 Å². The molecule has 0 aliphatic carbocycles. The van der Waals surface area contributed by atoms with Crippen LogP contribution in [0.3, 0.4) is 0 Å². The van der Waals surface area contributed by atoms with Crippen molar-refractivity contribution in [2.75, 3.05) is 0 Å². The zero-order chi connectivity index (χ0) is 11.9. The third-order valence-electron chi connectivity index (χ3n) is 2.44. The number of primary sulfonamides is 1. The lowest BCUT2D eigenvalue weighted by Crippen LogP contribution is -2.28. The molecule has 0 saturated heterocycles. The molecule has 0 radical (unpaired) electrons.